The van der Waals surface area contributed by atoms with Gasteiger partial charge in [-0.05, 0) is 18.8 Å². The molecule has 16 heavy (non-hydrogen) atoms. The molecule has 2 atom stereocenters. The Balaban J connectivity index is 4.52. The van der Waals surface area contributed by atoms with Crippen molar-refractivity contribution in [3.05, 3.63) is 0 Å². The fourth-order valence-corrected chi connectivity index (χ4v) is 1.55. The van der Waals surface area contributed by atoms with Crippen LogP contribution in [0.4, 0.5) is 0 Å². The van der Waals surface area contributed by atoms with Gasteiger partial charge in [-0.3, -0.25) is 4.79 Å². The van der Waals surface area contributed by atoms with Crippen LogP contribution in [0.3, 0.4) is 0 Å². The fourth-order valence-electron chi connectivity index (χ4n) is 1.55. The molecule has 0 heterocycles. The van der Waals surface area contributed by atoms with Crippen LogP contribution in [0, 0.1) is 5.92 Å². The summed E-state index contributed by atoms with van der Waals surface area (Å²) in [6, 6.07) is -0.492. The van der Waals surface area contributed by atoms with E-state index in [1.807, 2.05) is 27.7 Å². The fraction of sp³-hybridized carbons (Fsp3) is 0.917. The number of aliphatic hydroxyl groups excluding tert-OH is 1. The van der Waals surface area contributed by atoms with Gasteiger partial charge in [0.2, 0.25) is 5.91 Å². The van der Waals surface area contributed by atoms with E-state index in [-0.39, 0.29) is 18.4 Å². The van der Waals surface area contributed by atoms with Gasteiger partial charge in [0.15, 0.2) is 0 Å². The van der Waals surface area contributed by atoms with Crippen LogP contribution >= 0.6 is 0 Å². The lowest BCUT2D eigenvalue weighted by molar-refractivity contribution is -0.126. The predicted molar refractivity (Wildman–Crippen MR) is 66.0 cm³/mol. The highest BCUT2D eigenvalue weighted by Crippen LogP contribution is 2.15. The number of nitrogens with two attached hydrogens (primary N) is 1. The average molecular weight is 230 g/mol. The van der Waals surface area contributed by atoms with Crippen molar-refractivity contribution in [3.8, 4) is 0 Å². The van der Waals surface area contributed by atoms with Crippen LogP contribution in [-0.2, 0) is 4.79 Å². The first-order chi connectivity index (χ1) is 7.46. The average Bonchev–Trinajstić information content (AvgIpc) is 2.33. The van der Waals surface area contributed by atoms with Crippen molar-refractivity contribution in [1.29, 1.82) is 0 Å². The highest BCUT2D eigenvalue weighted by Gasteiger charge is 2.30. The predicted octanol–water partition coefficient (Wildman–Crippen LogP) is 1.03. The molecule has 0 aliphatic carbocycles. The number of hydrogen-bond donors (Lipinski definition) is 3. The van der Waals surface area contributed by atoms with Crippen LogP contribution < -0.4 is 11.1 Å². The highest BCUT2D eigenvalue weighted by atomic mass is 16.3. The van der Waals surface area contributed by atoms with Crippen molar-refractivity contribution < 1.29 is 9.90 Å². The number of rotatable bonds is 7. The van der Waals surface area contributed by atoms with E-state index >= 15 is 0 Å². The van der Waals surface area contributed by atoms with Gasteiger partial charge in [0, 0.05) is 0 Å². The maximum absolute atomic E-state index is 11.9. The van der Waals surface area contributed by atoms with Crippen LogP contribution in [0.25, 0.3) is 0 Å². The second-order valence-electron chi connectivity index (χ2n) is 4.55. The molecule has 4 N–H and O–H groups in total. The topological polar surface area (TPSA) is 75.4 Å². The van der Waals surface area contributed by atoms with Gasteiger partial charge in [-0.25, -0.2) is 0 Å². The normalized spacial score (nSPS) is 15.6. The number of hydrogen-bond acceptors (Lipinski definition) is 3. The van der Waals surface area contributed by atoms with E-state index in [0.717, 1.165) is 6.42 Å². The maximum atomic E-state index is 11.9. The molecule has 4 nitrogen and oxygen atoms in total. The summed E-state index contributed by atoms with van der Waals surface area (Å²) in [5.41, 5.74) is 5.34. The Kier molecular flexibility index (Phi) is 6.60. The number of carbonyl (C=O) groups excluding carboxylic acids is 1. The minimum Gasteiger partial charge on any atom is -0.394 e. The van der Waals surface area contributed by atoms with E-state index in [4.69, 9.17) is 5.73 Å². The zero-order valence-electron chi connectivity index (χ0n) is 10.9. The van der Waals surface area contributed by atoms with Crippen molar-refractivity contribution in [3.63, 3.8) is 0 Å². The minimum absolute atomic E-state index is 0.0427. The van der Waals surface area contributed by atoms with Gasteiger partial charge in [0.1, 0.15) is 0 Å². The smallest absolute Gasteiger partial charge is 0.237 e. The second-order valence-corrected chi connectivity index (χ2v) is 4.55. The maximum Gasteiger partial charge on any atom is 0.237 e. The van der Waals surface area contributed by atoms with E-state index in [0.29, 0.717) is 12.8 Å². The molecule has 4 heteroatoms. The van der Waals surface area contributed by atoms with Crippen LogP contribution in [0.1, 0.15) is 47.0 Å². The molecule has 0 radical (unpaired) electrons. The molecule has 0 rings (SSSR count). The first-order valence-electron chi connectivity index (χ1n) is 6.14. The molecule has 1 amide bonds. The Morgan fingerprint density at radius 3 is 2.19 bits per heavy atom. The standard InChI is InChI=1S/C12H26N2O2/c1-5-9(4)10(13)11(16)14-12(6-2,7-3)8-15/h9-10,15H,5-8,13H2,1-4H3,(H,14,16). The Hall–Kier alpha value is -0.610. The molecule has 0 aliphatic rings. The summed E-state index contributed by atoms with van der Waals surface area (Å²) in [6.07, 6.45) is 2.29. The summed E-state index contributed by atoms with van der Waals surface area (Å²) < 4.78 is 0. The van der Waals surface area contributed by atoms with Gasteiger partial charge in [-0.15, -0.1) is 0 Å². The summed E-state index contributed by atoms with van der Waals surface area (Å²) >= 11 is 0. The van der Waals surface area contributed by atoms with Gasteiger partial charge in [0.25, 0.3) is 0 Å². The third-order valence-electron chi connectivity index (χ3n) is 3.60. The zero-order valence-corrected chi connectivity index (χ0v) is 10.9. The number of aliphatic hydroxyl groups is 1. The van der Waals surface area contributed by atoms with Crippen LogP contribution in [0.5, 0.6) is 0 Å². The quantitative estimate of drug-likeness (QED) is 0.611. The van der Waals surface area contributed by atoms with Crippen molar-refractivity contribution >= 4 is 5.91 Å². The lowest BCUT2D eigenvalue weighted by Crippen LogP contribution is -2.56. The first kappa shape index (κ1) is 15.4. The highest BCUT2D eigenvalue weighted by molar-refractivity contribution is 5.82. The Labute approximate surface area is 98.6 Å². The van der Waals surface area contributed by atoms with E-state index in [9.17, 15) is 9.90 Å². The molecule has 96 valence electrons. The molecular weight excluding hydrogens is 204 g/mol. The number of nitrogens with one attached hydrogen (secondary N) is 1. The van der Waals surface area contributed by atoms with Gasteiger partial charge < -0.3 is 16.2 Å². The first-order valence-corrected chi connectivity index (χ1v) is 6.14. The van der Waals surface area contributed by atoms with Crippen molar-refractivity contribution in [1.82, 2.24) is 5.32 Å². The number of carbonyl (C=O) groups is 1. The van der Waals surface area contributed by atoms with Gasteiger partial charge in [0.05, 0.1) is 18.2 Å². The summed E-state index contributed by atoms with van der Waals surface area (Å²) in [7, 11) is 0. The monoisotopic (exact) mass is 230 g/mol. The molecule has 0 spiro atoms. The van der Waals surface area contributed by atoms with E-state index in [1.165, 1.54) is 0 Å². The lowest BCUT2D eigenvalue weighted by Gasteiger charge is -2.32. The van der Waals surface area contributed by atoms with Crippen LogP contribution in [0.15, 0.2) is 0 Å². The van der Waals surface area contributed by atoms with Crippen LogP contribution in [0.2, 0.25) is 0 Å². The molecular formula is C12H26N2O2. The summed E-state index contributed by atoms with van der Waals surface area (Å²) in [5.74, 6) is -0.00259. The Morgan fingerprint density at radius 1 is 1.38 bits per heavy atom. The summed E-state index contributed by atoms with van der Waals surface area (Å²) in [6.45, 7) is 7.84. The summed E-state index contributed by atoms with van der Waals surface area (Å²) in [5, 5.41) is 12.2. The molecule has 0 aromatic carbocycles. The Bertz CT molecular complexity index is 207. The molecule has 0 bridgehead atoms. The zero-order chi connectivity index (χ0) is 12.8. The second kappa shape index (κ2) is 6.86. The van der Waals surface area contributed by atoms with Crippen molar-refractivity contribution in [2.24, 2.45) is 11.7 Å². The van der Waals surface area contributed by atoms with Gasteiger partial charge in [-0.2, -0.15) is 0 Å². The van der Waals surface area contributed by atoms with E-state index in [2.05, 4.69) is 5.32 Å². The van der Waals surface area contributed by atoms with Crippen molar-refractivity contribution in [2.45, 2.75) is 58.5 Å². The third-order valence-corrected chi connectivity index (χ3v) is 3.60. The lowest BCUT2D eigenvalue weighted by atomic mass is 9.92. The van der Waals surface area contributed by atoms with Gasteiger partial charge in [-0.1, -0.05) is 34.1 Å². The molecule has 2 unspecified atom stereocenters. The Morgan fingerprint density at radius 2 is 1.88 bits per heavy atom. The van der Waals surface area contributed by atoms with E-state index in [1.54, 1.807) is 0 Å². The third kappa shape index (κ3) is 3.76. The van der Waals surface area contributed by atoms with Gasteiger partial charge >= 0.3 is 0 Å². The number of amides is 1. The van der Waals surface area contributed by atoms with E-state index < -0.39 is 11.6 Å². The molecule has 0 aliphatic heterocycles. The molecule has 0 fully saturated rings. The SMILES string of the molecule is CCC(C)C(N)C(=O)NC(CC)(CC)CO. The summed E-state index contributed by atoms with van der Waals surface area (Å²) in [4.78, 5) is 11.9. The largest absolute Gasteiger partial charge is 0.394 e. The van der Waals surface area contributed by atoms with Crippen LogP contribution in [-0.4, -0.2) is 29.2 Å². The molecule has 0 aromatic heterocycles. The van der Waals surface area contributed by atoms with Crippen molar-refractivity contribution in [2.75, 3.05) is 6.61 Å². The molecule has 0 aromatic rings. The molecule has 0 saturated heterocycles. The minimum atomic E-state index is -0.512. The molecule has 0 saturated carbocycles.